The number of aromatic amines is 1. The van der Waals surface area contributed by atoms with Crippen LogP contribution in [0.4, 0.5) is 4.39 Å². The maximum absolute atomic E-state index is 13.7. The number of H-pyrrole nitrogens is 1. The summed E-state index contributed by atoms with van der Waals surface area (Å²) in [5.41, 5.74) is 2.43. The number of fused-ring (bicyclic) bond motifs is 1. The lowest BCUT2D eigenvalue weighted by atomic mass is 10.0. The summed E-state index contributed by atoms with van der Waals surface area (Å²) in [6.45, 7) is 7.06. The molecule has 0 spiro atoms. The molecule has 1 heterocycles. The standard InChI is InChI=1S/C15H21FN2S2/c1-5-15(6-2,20-4)9-18-13-7-10(3)11(16)8-12(13)17-14(18)19/h7-8H,5-6,9H2,1-4H3,(H,17,19). The highest BCUT2D eigenvalue weighted by Crippen LogP contribution is 2.33. The Morgan fingerprint density at radius 1 is 1.35 bits per heavy atom. The molecule has 0 aliphatic carbocycles. The number of benzene rings is 1. The molecule has 20 heavy (non-hydrogen) atoms. The first-order valence-electron chi connectivity index (χ1n) is 6.90. The second-order valence-electron chi connectivity index (χ2n) is 5.23. The van der Waals surface area contributed by atoms with Gasteiger partial charge in [0.05, 0.1) is 11.0 Å². The van der Waals surface area contributed by atoms with E-state index in [1.54, 1.807) is 6.92 Å². The number of hydrogen-bond donors (Lipinski definition) is 1. The molecule has 0 bridgehead atoms. The number of aromatic nitrogens is 2. The van der Waals surface area contributed by atoms with E-state index in [4.69, 9.17) is 12.2 Å². The van der Waals surface area contributed by atoms with Crippen LogP contribution in [0.1, 0.15) is 32.3 Å². The number of imidazole rings is 1. The highest BCUT2D eigenvalue weighted by atomic mass is 32.2. The minimum atomic E-state index is -0.192. The van der Waals surface area contributed by atoms with Crippen LogP contribution in [0.3, 0.4) is 0 Å². The van der Waals surface area contributed by atoms with E-state index >= 15 is 0 Å². The molecule has 0 unspecified atom stereocenters. The average Bonchev–Trinajstić information content (AvgIpc) is 2.72. The maximum atomic E-state index is 13.7. The SMILES string of the molecule is CCC(CC)(Cn1c(=S)[nH]c2cc(F)c(C)cc21)SC. The molecule has 0 saturated carbocycles. The Morgan fingerprint density at radius 2 is 2.00 bits per heavy atom. The predicted molar refractivity (Wildman–Crippen MR) is 88.6 cm³/mol. The summed E-state index contributed by atoms with van der Waals surface area (Å²) in [5, 5.41) is 0. The fourth-order valence-corrected chi connectivity index (χ4v) is 3.66. The summed E-state index contributed by atoms with van der Waals surface area (Å²) >= 11 is 7.31. The topological polar surface area (TPSA) is 20.7 Å². The molecule has 0 aliphatic heterocycles. The van der Waals surface area contributed by atoms with Gasteiger partial charge in [-0.3, -0.25) is 0 Å². The lowest BCUT2D eigenvalue weighted by Crippen LogP contribution is -2.29. The summed E-state index contributed by atoms with van der Waals surface area (Å²) in [5.74, 6) is -0.192. The quantitative estimate of drug-likeness (QED) is 0.778. The molecule has 1 aromatic carbocycles. The third-order valence-corrected chi connectivity index (χ3v) is 6.12. The molecule has 2 aromatic rings. The molecule has 1 N–H and O–H groups in total. The molecule has 2 rings (SSSR count). The van der Waals surface area contributed by atoms with E-state index in [-0.39, 0.29) is 10.6 Å². The van der Waals surface area contributed by atoms with E-state index in [1.165, 1.54) is 6.07 Å². The van der Waals surface area contributed by atoms with Crippen LogP contribution in [0.15, 0.2) is 12.1 Å². The maximum Gasteiger partial charge on any atom is 0.178 e. The Morgan fingerprint density at radius 3 is 2.55 bits per heavy atom. The Bertz CT molecular complexity index is 660. The highest BCUT2D eigenvalue weighted by Gasteiger charge is 2.26. The van der Waals surface area contributed by atoms with E-state index in [2.05, 4.69) is 29.7 Å². The number of thioether (sulfide) groups is 1. The summed E-state index contributed by atoms with van der Waals surface area (Å²) in [6.07, 6.45) is 4.31. The normalized spacial score (nSPS) is 12.2. The van der Waals surface area contributed by atoms with E-state index in [1.807, 2.05) is 17.8 Å². The van der Waals surface area contributed by atoms with Gasteiger partial charge in [-0.1, -0.05) is 13.8 Å². The number of rotatable bonds is 5. The first-order valence-corrected chi connectivity index (χ1v) is 8.53. The molecule has 0 atom stereocenters. The van der Waals surface area contributed by atoms with Crippen molar-refractivity contribution < 1.29 is 4.39 Å². The van der Waals surface area contributed by atoms with Gasteiger partial charge in [-0.05, 0) is 55.9 Å². The molecule has 0 amide bonds. The van der Waals surface area contributed by atoms with Gasteiger partial charge in [-0.15, -0.1) is 0 Å². The van der Waals surface area contributed by atoms with Crippen LogP contribution in [-0.4, -0.2) is 20.6 Å². The van der Waals surface area contributed by atoms with Gasteiger partial charge < -0.3 is 9.55 Å². The molecule has 0 radical (unpaired) electrons. The lowest BCUT2D eigenvalue weighted by molar-refractivity contribution is 0.470. The molecule has 0 fully saturated rings. The number of nitrogens with zero attached hydrogens (tertiary/aromatic N) is 1. The van der Waals surface area contributed by atoms with E-state index in [0.717, 1.165) is 30.4 Å². The third kappa shape index (κ3) is 2.66. The van der Waals surface area contributed by atoms with E-state index < -0.39 is 0 Å². The molecule has 110 valence electrons. The van der Waals surface area contributed by atoms with Crippen LogP contribution in [0, 0.1) is 17.5 Å². The van der Waals surface area contributed by atoms with Crippen molar-refractivity contribution in [3.8, 4) is 0 Å². The van der Waals surface area contributed by atoms with Gasteiger partial charge in [0.25, 0.3) is 0 Å². The number of halogens is 1. The minimum Gasteiger partial charge on any atom is -0.330 e. The van der Waals surface area contributed by atoms with Crippen molar-refractivity contribution in [2.75, 3.05) is 6.26 Å². The van der Waals surface area contributed by atoms with Crippen molar-refractivity contribution in [1.82, 2.24) is 9.55 Å². The van der Waals surface area contributed by atoms with Gasteiger partial charge in [0.1, 0.15) is 5.82 Å². The van der Waals surface area contributed by atoms with Crippen LogP contribution in [0.5, 0.6) is 0 Å². The van der Waals surface area contributed by atoms with Crippen LogP contribution in [0.25, 0.3) is 11.0 Å². The summed E-state index contributed by atoms with van der Waals surface area (Å²) < 4.78 is 16.6. The first-order chi connectivity index (χ1) is 9.46. The van der Waals surface area contributed by atoms with Gasteiger partial charge in [0.15, 0.2) is 4.77 Å². The van der Waals surface area contributed by atoms with Gasteiger partial charge in [0, 0.05) is 11.3 Å². The van der Waals surface area contributed by atoms with Crippen molar-refractivity contribution >= 4 is 35.0 Å². The predicted octanol–water partition coefficient (Wildman–Crippen LogP) is 5.07. The molecular formula is C15H21FN2S2. The Balaban J connectivity index is 2.57. The number of hydrogen-bond acceptors (Lipinski definition) is 2. The number of nitrogens with one attached hydrogen (secondary N) is 1. The van der Waals surface area contributed by atoms with Gasteiger partial charge in [-0.25, -0.2) is 4.39 Å². The van der Waals surface area contributed by atoms with Crippen LogP contribution >= 0.6 is 24.0 Å². The fraction of sp³-hybridized carbons (Fsp3) is 0.533. The summed E-state index contributed by atoms with van der Waals surface area (Å²) in [7, 11) is 0. The molecular weight excluding hydrogens is 291 g/mol. The molecule has 2 nitrogen and oxygen atoms in total. The van der Waals surface area contributed by atoms with Crippen LogP contribution < -0.4 is 0 Å². The Labute approximate surface area is 128 Å². The number of aryl methyl sites for hydroxylation is 1. The fourth-order valence-electron chi connectivity index (χ4n) is 2.55. The van der Waals surface area contributed by atoms with Gasteiger partial charge in [0.2, 0.25) is 0 Å². The van der Waals surface area contributed by atoms with Crippen LogP contribution in [0.2, 0.25) is 0 Å². The third-order valence-electron chi connectivity index (χ3n) is 4.22. The van der Waals surface area contributed by atoms with Crippen molar-refractivity contribution in [3.63, 3.8) is 0 Å². The largest absolute Gasteiger partial charge is 0.330 e. The van der Waals surface area contributed by atoms with Crippen molar-refractivity contribution in [2.24, 2.45) is 0 Å². The molecule has 1 aromatic heterocycles. The smallest absolute Gasteiger partial charge is 0.178 e. The van der Waals surface area contributed by atoms with Crippen molar-refractivity contribution in [1.29, 1.82) is 0 Å². The second kappa shape index (κ2) is 5.90. The van der Waals surface area contributed by atoms with E-state index in [0.29, 0.717) is 10.3 Å². The average molecular weight is 312 g/mol. The zero-order chi connectivity index (χ0) is 14.9. The van der Waals surface area contributed by atoms with Crippen molar-refractivity contribution in [3.05, 3.63) is 28.3 Å². The summed E-state index contributed by atoms with van der Waals surface area (Å²) in [4.78, 5) is 3.12. The Kier molecular flexibility index (Phi) is 4.59. The Hall–Kier alpha value is -0.810. The first kappa shape index (κ1) is 15.6. The van der Waals surface area contributed by atoms with Crippen molar-refractivity contribution in [2.45, 2.75) is 44.9 Å². The zero-order valence-electron chi connectivity index (χ0n) is 12.4. The molecule has 5 heteroatoms. The van der Waals surface area contributed by atoms with Gasteiger partial charge in [-0.2, -0.15) is 11.8 Å². The van der Waals surface area contributed by atoms with E-state index in [9.17, 15) is 4.39 Å². The monoisotopic (exact) mass is 312 g/mol. The second-order valence-corrected chi connectivity index (χ2v) is 6.89. The summed E-state index contributed by atoms with van der Waals surface area (Å²) in [6, 6.07) is 3.42. The van der Waals surface area contributed by atoms with Crippen LogP contribution in [-0.2, 0) is 6.54 Å². The lowest BCUT2D eigenvalue weighted by Gasteiger charge is -2.30. The van der Waals surface area contributed by atoms with Gasteiger partial charge >= 0.3 is 0 Å². The molecule has 0 aliphatic rings. The highest BCUT2D eigenvalue weighted by molar-refractivity contribution is 8.00. The molecule has 0 saturated heterocycles. The zero-order valence-corrected chi connectivity index (χ0v) is 14.1. The minimum absolute atomic E-state index is 0.176.